The van der Waals surface area contributed by atoms with E-state index < -0.39 is 11.2 Å². The zero-order chi connectivity index (χ0) is 25.8. The molecule has 0 saturated carbocycles. The number of nitrogens with zero attached hydrogens (tertiary/aromatic N) is 6. The lowest BCUT2D eigenvalue weighted by molar-refractivity contribution is 0.114. The molecular formula is C23H33FN8O3. The average Bonchev–Trinajstić information content (AvgIpc) is 3.22. The number of alkyl halides is 1. The van der Waals surface area contributed by atoms with E-state index in [1.54, 1.807) is 20.3 Å². The van der Waals surface area contributed by atoms with Crippen molar-refractivity contribution in [2.45, 2.75) is 58.2 Å². The summed E-state index contributed by atoms with van der Waals surface area (Å²) in [4.78, 5) is 9.56. The molecule has 1 aromatic carbocycles. The standard InChI is InChI=1S/C23H33FN8O3/c1-22(2,24)13-23(3,4)32-30-19(29-31-32)7-8-35-20-16(33-5)10-14(11-17(20)34-6)9-15-12-18(25)28-21(26)27-15/h10-12H,7-9,13H2,1-6H3,(H4,25,26,27,28). The van der Waals surface area contributed by atoms with Crippen LogP contribution in [0.15, 0.2) is 18.2 Å². The van der Waals surface area contributed by atoms with E-state index in [4.69, 9.17) is 25.7 Å². The van der Waals surface area contributed by atoms with Gasteiger partial charge in [0.2, 0.25) is 11.7 Å². The molecule has 0 bridgehead atoms. The van der Waals surface area contributed by atoms with Crippen molar-refractivity contribution in [1.82, 2.24) is 30.2 Å². The lowest BCUT2D eigenvalue weighted by Crippen LogP contribution is -2.35. The Hall–Kier alpha value is -3.70. The second kappa shape index (κ2) is 10.3. The van der Waals surface area contributed by atoms with Gasteiger partial charge in [0, 0.05) is 25.3 Å². The van der Waals surface area contributed by atoms with Crippen molar-refractivity contribution in [2.24, 2.45) is 0 Å². The number of hydrogen-bond acceptors (Lipinski definition) is 10. The van der Waals surface area contributed by atoms with Crippen LogP contribution in [0.3, 0.4) is 0 Å². The number of nitrogens with two attached hydrogens (primary N) is 2. The SMILES string of the molecule is COc1cc(Cc2cc(N)nc(N)n2)cc(OC)c1OCCc1nnn(C(C)(C)CC(C)(C)F)n1. The lowest BCUT2D eigenvalue weighted by atomic mass is 9.91. The number of benzene rings is 1. The smallest absolute Gasteiger partial charge is 0.222 e. The summed E-state index contributed by atoms with van der Waals surface area (Å²) in [5, 5.41) is 12.6. The van der Waals surface area contributed by atoms with Gasteiger partial charge in [0.25, 0.3) is 0 Å². The average molecular weight is 489 g/mol. The van der Waals surface area contributed by atoms with Crippen LogP contribution >= 0.6 is 0 Å². The van der Waals surface area contributed by atoms with Crippen LogP contribution in [0.5, 0.6) is 17.2 Å². The molecule has 3 rings (SSSR count). The number of hydrogen-bond donors (Lipinski definition) is 2. The first-order chi connectivity index (χ1) is 16.4. The van der Waals surface area contributed by atoms with Crippen molar-refractivity contribution in [1.29, 1.82) is 0 Å². The normalized spacial score (nSPS) is 12.0. The second-order valence-electron chi connectivity index (χ2n) is 9.45. The summed E-state index contributed by atoms with van der Waals surface area (Å²) in [7, 11) is 3.10. The third-order valence-corrected chi connectivity index (χ3v) is 5.14. The highest BCUT2D eigenvalue weighted by atomic mass is 19.1. The number of methoxy groups -OCH3 is 2. The molecule has 0 saturated heterocycles. The number of tetrazole rings is 1. The number of ether oxygens (including phenoxy) is 3. The van der Waals surface area contributed by atoms with Crippen molar-refractivity contribution in [3.05, 3.63) is 35.3 Å². The summed E-state index contributed by atoms with van der Waals surface area (Å²) in [5.41, 5.74) is 11.0. The third-order valence-electron chi connectivity index (χ3n) is 5.14. The van der Waals surface area contributed by atoms with Crippen molar-refractivity contribution in [2.75, 3.05) is 32.3 Å². The van der Waals surface area contributed by atoms with Crippen molar-refractivity contribution >= 4 is 11.8 Å². The highest BCUT2D eigenvalue weighted by molar-refractivity contribution is 5.54. The Morgan fingerprint density at radius 2 is 1.66 bits per heavy atom. The van der Waals surface area contributed by atoms with E-state index in [2.05, 4.69) is 25.4 Å². The number of rotatable bonds is 11. The number of nitrogen functional groups attached to an aromatic ring is 2. The van der Waals surface area contributed by atoms with Crippen LogP contribution in [-0.4, -0.2) is 56.7 Å². The van der Waals surface area contributed by atoms with Crippen LogP contribution in [-0.2, 0) is 18.4 Å². The zero-order valence-electron chi connectivity index (χ0n) is 21.0. The Labute approximate surface area is 204 Å². The maximum absolute atomic E-state index is 14.1. The first kappa shape index (κ1) is 25.9. The zero-order valence-corrected chi connectivity index (χ0v) is 21.0. The number of anilines is 2. The molecule has 0 aliphatic carbocycles. The van der Waals surface area contributed by atoms with E-state index in [-0.39, 0.29) is 19.0 Å². The molecule has 12 heteroatoms. The summed E-state index contributed by atoms with van der Waals surface area (Å²) in [6, 6.07) is 5.33. The fraction of sp³-hybridized carbons (Fsp3) is 0.522. The number of aromatic nitrogens is 6. The fourth-order valence-corrected chi connectivity index (χ4v) is 3.96. The Morgan fingerprint density at radius 3 is 2.23 bits per heavy atom. The van der Waals surface area contributed by atoms with Crippen molar-refractivity contribution < 1.29 is 18.6 Å². The van der Waals surface area contributed by atoms with Gasteiger partial charge in [-0.05, 0) is 50.6 Å². The van der Waals surface area contributed by atoms with Crippen LogP contribution in [0.2, 0.25) is 0 Å². The van der Waals surface area contributed by atoms with Crippen LogP contribution in [0.25, 0.3) is 0 Å². The summed E-state index contributed by atoms with van der Waals surface area (Å²) >= 11 is 0. The van der Waals surface area contributed by atoms with E-state index >= 15 is 0 Å². The van der Waals surface area contributed by atoms with Crippen LogP contribution < -0.4 is 25.7 Å². The molecule has 2 heterocycles. The number of halogens is 1. The Morgan fingerprint density at radius 1 is 1.00 bits per heavy atom. The molecule has 0 atom stereocenters. The first-order valence-electron chi connectivity index (χ1n) is 11.1. The lowest BCUT2D eigenvalue weighted by Gasteiger charge is -2.28. The van der Waals surface area contributed by atoms with Crippen LogP contribution in [0.4, 0.5) is 16.2 Å². The van der Waals surface area contributed by atoms with Gasteiger partial charge < -0.3 is 25.7 Å². The summed E-state index contributed by atoms with van der Waals surface area (Å²) in [5.74, 6) is 2.35. The largest absolute Gasteiger partial charge is 0.493 e. The van der Waals surface area contributed by atoms with Crippen LogP contribution in [0, 0.1) is 0 Å². The minimum absolute atomic E-state index is 0.112. The molecule has 0 aliphatic rings. The molecule has 0 amide bonds. The third kappa shape index (κ3) is 6.90. The topological polar surface area (TPSA) is 149 Å². The van der Waals surface area contributed by atoms with Gasteiger partial charge in [-0.2, -0.15) is 9.78 Å². The molecule has 0 unspecified atom stereocenters. The van der Waals surface area contributed by atoms with Gasteiger partial charge >= 0.3 is 0 Å². The fourth-order valence-electron chi connectivity index (χ4n) is 3.96. The molecular weight excluding hydrogens is 455 g/mol. The summed E-state index contributed by atoms with van der Waals surface area (Å²) in [6.45, 7) is 7.07. The molecule has 0 fully saturated rings. The van der Waals surface area contributed by atoms with Crippen molar-refractivity contribution in [3.8, 4) is 17.2 Å². The minimum Gasteiger partial charge on any atom is -0.493 e. The predicted octanol–water partition coefficient (Wildman–Crippen LogP) is 2.73. The summed E-state index contributed by atoms with van der Waals surface area (Å²) in [6.07, 6.45) is 1.09. The van der Waals surface area contributed by atoms with Gasteiger partial charge in [0.15, 0.2) is 17.3 Å². The molecule has 11 nitrogen and oxygen atoms in total. The van der Waals surface area contributed by atoms with Gasteiger partial charge in [0.1, 0.15) is 11.5 Å². The Kier molecular flexibility index (Phi) is 7.61. The van der Waals surface area contributed by atoms with E-state index in [1.165, 1.54) is 18.6 Å². The molecule has 190 valence electrons. The van der Waals surface area contributed by atoms with E-state index in [1.807, 2.05) is 26.0 Å². The molecule has 35 heavy (non-hydrogen) atoms. The molecule has 4 N–H and O–H groups in total. The highest BCUT2D eigenvalue weighted by Gasteiger charge is 2.32. The van der Waals surface area contributed by atoms with Gasteiger partial charge in [-0.25, -0.2) is 9.37 Å². The van der Waals surface area contributed by atoms with Gasteiger partial charge in [-0.3, -0.25) is 0 Å². The minimum atomic E-state index is -1.35. The quantitative estimate of drug-likeness (QED) is 0.412. The van der Waals surface area contributed by atoms with Gasteiger partial charge in [0.05, 0.1) is 32.1 Å². The molecule has 2 aromatic heterocycles. The highest BCUT2D eigenvalue weighted by Crippen LogP contribution is 2.39. The van der Waals surface area contributed by atoms with E-state index in [0.29, 0.717) is 47.4 Å². The van der Waals surface area contributed by atoms with Gasteiger partial charge in [-0.15, -0.1) is 10.2 Å². The monoisotopic (exact) mass is 488 g/mol. The second-order valence-corrected chi connectivity index (χ2v) is 9.45. The molecule has 0 radical (unpaired) electrons. The first-order valence-corrected chi connectivity index (χ1v) is 11.1. The maximum atomic E-state index is 14.1. The molecule has 0 aliphatic heterocycles. The Balaban J connectivity index is 1.71. The van der Waals surface area contributed by atoms with E-state index in [0.717, 1.165) is 5.56 Å². The molecule has 0 spiro atoms. The Bertz CT molecular complexity index is 1110. The maximum Gasteiger partial charge on any atom is 0.222 e. The van der Waals surface area contributed by atoms with E-state index in [9.17, 15) is 4.39 Å². The van der Waals surface area contributed by atoms with Crippen LogP contribution in [0.1, 0.15) is 51.2 Å². The summed E-state index contributed by atoms with van der Waals surface area (Å²) < 4.78 is 31.2. The van der Waals surface area contributed by atoms with Gasteiger partial charge in [-0.1, -0.05) is 0 Å². The van der Waals surface area contributed by atoms with Crippen molar-refractivity contribution in [3.63, 3.8) is 0 Å². The molecule has 3 aromatic rings. The predicted molar refractivity (Wildman–Crippen MR) is 129 cm³/mol.